The van der Waals surface area contributed by atoms with Crippen molar-refractivity contribution >= 4 is 0 Å². The summed E-state index contributed by atoms with van der Waals surface area (Å²) in [6.45, 7) is 14.6. The highest BCUT2D eigenvalue weighted by atomic mass is 16.3. The van der Waals surface area contributed by atoms with Crippen LogP contribution in [0.3, 0.4) is 0 Å². The lowest BCUT2D eigenvalue weighted by Gasteiger charge is -2.22. The van der Waals surface area contributed by atoms with Gasteiger partial charge in [0, 0.05) is 11.5 Å². The summed E-state index contributed by atoms with van der Waals surface area (Å²) in [7, 11) is 0. The number of rotatable bonds is 5. The first-order valence-electron chi connectivity index (χ1n) is 10.7. The molecule has 154 valence electrons. The van der Waals surface area contributed by atoms with Crippen LogP contribution in [0.5, 0.6) is 11.5 Å². The molecule has 0 aromatic heterocycles. The maximum atomic E-state index is 10.1. The van der Waals surface area contributed by atoms with Gasteiger partial charge in [-0.25, -0.2) is 0 Å². The summed E-state index contributed by atoms with van der Waals surface area (Å²) >= 11 is 0. The molecule has 0 fully saturated rings. The van der Waals surface area contributed by atoms with E-state index in [9.17, 15) is 10.2 Å². The van der Waals surface area contributed by atoms with Crippen LogP contribution in [0.4, 0.5) is 0 Å². The molecule has 2 rings (SSSR count). The summed E-state index contributed by atoms with van der Waals surface area (Å²) < 4.78 is 0. The van der Waals surface area contributed by atoms with Gasteiger partial charge < -0.3 is 10.2 Å². The Bertz CT molecular complexity index is 569. The first-order chi connectivity index (χ1) is 12.9. The fraction of sp³-hybridized carbons (Fsp3) is 0.600. The lowest BCUT2D eigenvalue weighted by molar-refractivity contribution is 0.427. The van der Waals surface area contributed by atoms with Crippen LogP contribution in [0.15, 0.2) is 35.4 Å². The minimum atomic E-state index is 0.162. The van der Waals surface area contributed by atoms with Crippen LogP contribution in [0.25, 0.3) is 0 Å². The van der Waals surface area contributed by atoms with Crippen molar-refractivity contribution < 1.29 is 10.2 Å². The molecule has 2 heteroatoms. The molecule has 0 radical (unpaired) electrons. The highest BCUT2D eigenvalue weighted by Gasteiger charge is 2.20. The van der Waals surface area contributed by atoms with Gasteiger partial charge in [0.05, 0.1) is 0 Å². The highest BCUT2D eigenvalue weighted by Crippen LogP contribution is 2.41. The number of hydrogen-bond acceptors (Lipinski definition) is 2. The standard InChI is InChI=1S/C15H20O2.C8H16.C2H6/c1-3-11-8-13(16)15(14(17)9-11)12-6-4-5-10(2)7-12;1-4-5-6-7-8(2)3;1-2/h7-9,12,16-17H,3-6H2,1-2H3;7H,4-6H2,1-3H3;1-2H3. The third kappa shape index (κ3) is 9.70. The summed E-state index contributed by atoms with van der Waals surface area (Å²) in [6, 6.07) is 3.54. The molecule has 1 aromatic rings. The van der Waals surface area contributed by atoms with Gasteiger partial charge in [-0.15, -0.1) is 0 Å². The van der Waals surface area contributed by atoms with Crippen molar-refractivity contribution in [3.8, 4) is 11.5 Å². The summed E-state index contributed by atoms with van der Waals surface area (Å²) in [4.78, 5) is 0. The van der Waals surface area contributed by atoms with Gasteiger partial charge in [-0.3, -0.25) is 0 Å². The van der Waals surface area contributed by atoms with Gasteiger partial charge in [-0.1, -0.05) is 63.8 Å². The van der Waals surface area contributed by atoms with Crippen LogP contribution < -0.4 is 0 Å². The smallest absolute Gasteiger partial charge is 0.123 e. The summed E-state index contributed by atoms with van der Waals surface area (Å²) in [5, 5.41) is 20.1. The van der Waals surface area contributed by atoms with E-state index >= 15 is 0 Å². The largest absolute Gasteiger partial charge is 0.507 e. The van der Waals surface area contributed by atoms with Crippen LogP contribution in [0, 0.1) is 0 Å². The molecule has 1 aromatic carbocycles. The van der Waals surface area contributed by atoms with E-state index in [4.69, 9.17) is 0 Å². The van der Waals surface area contributed by atoms with E-state index in [2.05, 4.69) is 39.8 Å². The molecule has 1 aliphatic carbocycles. The minimum absolute atomic E-state index is 0.162. The van der Waals surface area contributed by atoms with Crippen molar-refractivity contribution in [2.45, 2.75) is 99.3 Å². The van der Waals surface area contributed by atoms with Gasteiger partial charge in [-0.05, 0) is 70.6 Å². The maximum absolute atomic E-state index is 10.1. The second-order valence-electron chi connectivity index (χ2n) is 7.34. The Morgan fingerprint density at radius 1 is 1.11 bits per heavy atom. The number of aryl methyl sites for hydroxylation is 1. The topological polar surface area (TPSA) is 40.5 Å². The second-order valence-corrected chi connectivity index (χ2v) is 7.34. The maximum Gasteiger partial charge on any atom is 0.123 e. The zero-order chi connectivity index (χ0) is 20.8. The normalized spacial score (nSPS) is 15.5. The van der Waals surface area contributed by atoms with Crippen LogP contribution >= 0.6 is 0 Å². The predicted molar refractivity (Wildman–Crippen MR) is 120 cm³/mol. The molecule has 0 spiro atoms. The predicted octanol–water partition coefficient (Wildman–Crippen LogP) is 8.04. The zero-order valence-corrected chi connectivity index (χ0v) is 18.7. The van der Waals surface area contributed by atoms with E-state index in [1.807, 2.05) is 20.8 Å². The van der Waals surface area contributed by atoms with E-state index in [0.717, 1.165) is 31.2 Å². The molecule has 0 heterocycles. The van der Waals surface area contributed by atoms with Gasteiger partial charge >= 0.3 is 0 Å². The molecular formula is C25H42O2. The Labute approximate surface area is 168 Å². The zero-order valence-electron chi connectivity index (χ0n) is 18.7. The Morgan fingerprint density at radius 2 is 1.70 bits per heavy atom. The molecule has 27 heavy (non-hydrogen) atoms. The van der Waals surface area contributed by atoms with Crippen molar-refractivity contribution in [2.24, 2.45) is 0 Å². The van der Waals surface area contributed by atoms with E-state index in [1.54, 1.807) is 12.1 Å². The molecule has 1 unspecified atom stereocenters. The number of unbranched alkanes of at least 4 members (excludes halogenated alkanes) is 2. The molecule has 1 atom stereocenters. The van der Waals surface area contributed by atoms with E-state index < -0.39 is 0 Å². The molecule has 2 N–H and O–H groups in total. The monoisotopic (exact) mass is 374 g/mol. The second kappa shape index (κ2) is 14.4. The van der Waals surface area contributed by atoms with Gasteiger partial charge in [0.2, 0.25) is 0 Å². The molecule has 0 saturated carbocycles. The molecule has 0 bridgehead atoms. The van der Waals surface area contributed by atoms with Crippen LogP contribution in [0.2, 0.25) is 0 Å². The number of benzene rings is 1. The van der Waals surface area contributed by atoms with Crippen LogP contribution in [-0.2, 0) is 6.42 Å². The highest BCUT2D eigenvalue weighted by molar-refractivity contribution is 5.50. The molecule has 0 aliphatic heterocycles. The van der Waals surface area contributed by atoms with Crippen molar-refractivity contribution in [1.82, 2.24) is 0 Å². The first kappa shape index (κ1) is 25.3. The number of phenolic OH excluding ortho intramolecular Hbond substituents is 2. The fourth-order valence-corrected chi connectivity index (χ4v) is 3.20. The van der Waals surface area contributed by atoms with Crippen molar-refractivity contribution in [3.63, 3.8) is 0 Å². The van der Waals surface area contributed by atoms with Crippen LogP contribution in [-0.4, -0.2) is 10.2 Å². The van der Waals surface area contributed by atoms with Gasteiger partial charge in [0.25, 0.3) is 0 Å². The third-order valence-electron chi connectivity index (χ3n) is 4.66. The molecule has 0 amide bonds. The summed E-state index contributed by atoms with van der Waals surface area (Å²) in [5.41, 5.74) is 4.46. The summed E-state index contributed by atoms with van der Waals surface area (Å²) in [6.07, 6.45) is 12.5. The number of allylic oxidation sites excluding steroid dienone is 4. The van der Waals surface area contributed by atoms with Crippen molar-refractivity contribution in [3.05, 3.63) is 46.6 Å². The molecule has 2 nitrogen and oxygen atoms in total. The average Bonchev–Trinajstić information content (AvgIpc) is 2.63. The van der Waals surface area contributed by atoms with Gasteiger partial charge in [-0.2, -0.15) is 0 Å². The Morgan fingerprint density at radius 3 is 2.15 bits per heavy atom. The fourth-order valence-electron chi connectivity index (χ4n) is 3.20. The minimum Gasteiger partial charge on any atom is -0.507 e. The Balaban J connectivity index is 0.000000574. The molecular weight excluding hydrogens is 332 g/mol. The van der Waals surface area contributed by atoms with Gasteiger partial charge in [0.15, 0.2) is 0 Å². The molecule has 0 saturated heterocycles. The Hall–Kier alpha value is -1.70. The SMILES string of the molecule is CC.CCCCC=C(C)C.CCc1cc(O)c(C2C=C(C)CCC2)c(O)c1. The average molecular weight is 375 g/mol. The number of aromatic hydroxyl groups is 2. The molecule has 1 aliphatic rings. The Kier molecular flexibility index (Phi) is 13.5. The lowest BCUT2D eigenvalue weighted by Crippen LogP contribution is -2.03. The van der Waals surface area contributed by atoms with E-state index in [0.29, 0.717) is 5.56 Å². The third-order valence-corrected chi connectivity index (χ3v) is 4.66. The van der Waals surface area contributed by atoms with Gasteiger partial charge in [0.1, 0.15) is 11.5 Å². The number of hydrogen-bond donors (Lipinski definition) is 2. The summed E-state index contributed by atoms with van der Waals surface area (Å²) in [5.74, 6) is 0.630. The van der Waals surface area contributed by atoms with E-state index in [-0.39, 0.29) is 17.4 Å². The first-order valence-corrected chi connectivity index (χ1v) is 10.7. The number of phenols is 2. The van der Waals surface area contributed by atoms with E-state index in [1.165, 1.54) is 30.4 Å². The van der Waals surface area contributed by atoms with Crippen molar-refractivity contribution in [2.75, 3.05) is 0 Å². The van der Waals surface area contributed by atoms with Crippen molar-refractivity contribution in [1.29, 1.82) is 0 Å². The quantitative estimate of drug-likeness (QED) is 0.404. The lowest BCUT2D eigenvalue weighted by atomic mass is 9.84. The van der Waals surface area contributed by atoms with Crippen LogP contribution in [0.1, 0.15) is 104 Å².